The van der Waals surface area contributed by atoms with Gasteiger partial charge < -0.3 is 14.2 Å². The molecule has 0 saturated carbocycles. The van der Waals surface area contributed by atoms with E-state index in [4.69, 9.17) is 0 Å². The number of para-hydroxylation sites is 9. The molecule has 0 fully saturated rings. The molecule has 3 aromatic heterocycles. The Kier molecular flexibility index (Phi) is 13.0. The third-order valence-electron chi connectivity index (χ3n) is 16.9. The van der Waals surface area contributed by atoms with Crippen LogP contribution in [0.1, 0.15) is 101 Å². The number of aromatic nitrogens is 3. The number of benzene rings is 10. The Labute approximate surface area is 486 Å². The molecule has 0 N–H and O–H groups in total. The molecule has 0 unspecified atom stereocenters. The van der Waals surface area contributed by atoms with Gasteiger partial charge in [-0.05, 0) is 127 Å². The third kappa shape index (κ3) is 7.82. The van der Waals surface area contributed by atoms with Crippen molar-refractivity contribution in [3.63, 3.8) is 0 Å². The van der Waals surface area contributed by atoms with Crippen LogP contribution in [-0.2, 0) is 22.4 Å². The molecule has 0 amide bonds. The van der Waals surface area contributed by atoms with E-state index in [2.05, 4.69) is 303 Å². The van der Waals surface area contributed by atoms with Crippen LogP contribution in [0.2, 0.25) is 0 Å². The van der Waals surface area contributed by atoms with Crippen LogP contribution in [0.15, 0.2) is 212 Å². The quantitative estimate of drug-likeness (QED) is 0.0858. The fourth-order valence-electron chi connectivity index (χ4n) is 13.4. The number of rotatable bonds is 8. The molecule has 0 spiro atoms. The van der Waals surface area contributed by atoms with Gasteiger partial charge in [0.2, 0.25) is 0 Å². The summed E-state index contributed by atoms with van der Waals surface area (Å²) in [6.45, 7) is 18.4. The smallest absolute Gasteiger partial charge is 0.269 e. The first-order valence-electron chi connectivity index (χ1n) is 28.3. The van der Waals surface area contributed by atoms with E-state index in [0.717, 1.165) is 11.4 Å². The van der Waals surface area contributed by atoms with Gasteiger partial charge in [-0.1, -0.05) is 212 Å². The second-order valence-corrected chi connectivity index (χ2v) is 22.9. The Morgan fingerprint density at radius 3 is 1.54 bits per heavy atom. The van der Waals surface area contributed by atoms with Crippen LogP contribution in [0.4, 0.5) is 34.1 Å². The van der Waals surface area contributed by atoms with E-state index in [1.165, 1.54) is 122 Å². The molecule has 7 heteroatoms. The minimum atomic E-state index is 0. The molecule has 395 valence electrons. The standard InChI is InChI=1S/C42H25BN3.C31H38N2.Au/c1-3-14-27(15-4-1)44-35-24-11-8-21-32(35)43-33-22-9-12-25-36(33)45(28-16-5-2-6-17-28)42-39-31-20-13-19-30-29-18-7-10-23-34(29)46(41(30)31)37(39)26-38(44)40(42)43;1-20(2)24-13-11-14-25(21(3)4)30(24)32-19-33(29-18-10-9-17-28(29)32)31-26(22(5)6)15-12-16-27(31)23(7)8;/h1-12,14-26H;9-18,20-23H,1-8H3;/q-1;;. The molecule has 5 nitrogen and oxygen atoms in total. The fraction of sp³-hybridized carbons (Fsp3) is 0.164. The summed E-state index contributed by atoms with van der Waals surface area (Å²) in [7, 11) is 0. The molecule has 0 saturated heterocycles. The van der Waals surface area contributed by atoms with Crippen LogP contribution >= 0.6 is 0 Å². The maximum atomic E-state index is 3.84. The minimum absolute atomic E-state index is 0. The van der Waals surface area contributed by atoms with Crippen molar-refractivity contribution in [1.82, 2.24) is 8.97 Å². The number of anilines is 6. The maximum absolute atomic E-state index is 3.84. The molecule has 0 atom stereocenters. The van der Waals surface area contributed by atoms with Crippen LogP contribution in [0.25, 0.3) is 60.5 Å². The summed E-state index contributed by atoms with van der Waals surface area (Å²) in [5, 5.41) is 5.03. The SMILES string of the molecule is CC(C)c1cccc(C(C)C)c1-n1[c-][n+](-c2c(C(C)C)cccc2C(C)C)c2ccccc21.[Au].[c-]1cc2c3ccccc3n3c4cc5c6c(c4c(c1)c23)N(c1ccccc1)c1ccccc1B6c1ccccc1N5c1ccccc1. The van der Waals surface area contributed by atoms with Crippen LogP contribution in [0.3, 0.4) is 0 Å². The summed E-state index contributed by atoms with van der Waals surface area (Å²) in [4.78, 5) is 5.01. The van der Waals surface area contributed by atoms with Gasteiger partial charge in [0.1, 0.15) is 0 Å². The molecule has 5 heterocycles. The zero-order valence-corrected chi connectivity index (χ0v) is 48.8. The topological polar surface area (TPSA) is 19.7 Å². The van der Waals surface area contributed by atoms with Gasteiger partial charge in [0.25, 0.3) is 13.0 Å². The van der Waals surface area contributed by atoms with Crippen LogP contribution in [-0.4, -0.2) is 15.7 Å². The van der Waals surface area contributed by atoms with Crippen molar-refractivity contribution < 1.29 is 26.9 Å². The fourth-order valence-corrected chi connectivity index (χ4v) is 13.4. The van der Waals surface area contributed by atoms with Crippen molar-refractivity contribution in [2.24, 2.45) is 0 Å². The summed E-state index contributed by atoms with van der Waals surface area (Å²) in [6, 6.07) is 81.2. The van der Waals surface area contributed by atoms with E-state index in [9.17, 15) is 0 Å². The average molecular weight is 1220 g/mol. The third-order valence-corrected chi connectivity index (χ3v) is 16.9. The first-order chi connectivity index (χ1) is 38.6. The normalized spacial score (nSPS) is 12.8. The van der Waals surface area contributed by atoms with Crippen molar-refractivity contribution in [2.45, 2.75) is 79.1 Å². The Balaban J connectivity index is 0.000000159. The molecular weight excluding hydrogens is 1150 g/mol. The molecule has 10 aromatic carbocycles. The van der Waals surface area contributed by atoms with Gasteiger partial charge >= 0.3 is 0 Å². The minimum Gasteiger partial charge on any atom is -0.333 e. The van der Waals surface area contributed by atoms with Gasteiger partial charge in [0.15, 0.2) is 0 Å². The van der Waals surface area contributed by atoms with Gasteiger partial charge in [0, 0.05) is 67.5 Å². The van der Waals surface area contributed by atoms with E-state index >= 15 is 0 Å². The number of hydrogen-bond acceptors (Lipinski definition) is 2. The molecule has 2 aliphatic heterocycles. The molecule has 1 radical (unpaired) electrons. The maximum Gasteiger partial charge on any atom is 0.269 e. The van der Waals surface area contributed by atoms with Gasteiger partial charge in [-0.15, -0.1) is 5.39 Å². The second kappa shape index (κ2) is 20.2. The summed E-state index contributed by atoms with van der Waals surface area (Å²) in [6.07, 6.45) is 3.84. The van der Waals surface area contributed by atoms with Crippen LogP contribution in [0, 0.1) is 12.4 Å². The zero-order valence-electron chi connectivity index (χ0n) is 46.6. The van der Waals surface area contributed by atoms with Crippen molar-refractivity contribution in [2.75, 3.05) is 9.80 Å². The zero-order chi connectivity index (χ0) is 53.8. The number of hydrogen-bond donors (Lipinski definition) is 0. The van der Waals surface area contributed by atoms with E-state index in [1.54, 1.807) is 0 Å². The van der Waals surface area contributed by atoms with Gasteiger partial charge in [-0.3, -0.25) is 9.13 Å². The molecule has 80 heavy (non-hydrogen) atoms. The first-order valence-corrected chi connectivity index (χ1v) is 28.3. The van der Waals surface area contributed by atoms with Crippen molar-refractivity contribution in [1.29, 1.82) is 0 Å². The van der Waals surface area contributed by atoms with E-state index in [0.29, 0.717) is 23.7 Å². The second-order valence-electron chi connectivity index (χ2n) is 22.9. The monoisotopic (exact) mass is 1220 g/mol. The van der Waals surface area contributed by atoms with Gasteiger partial charge in [-0.2, -0.15) is 18.2 Å². The van der Waals surface area contributed by atoms with E-state index in [-0.39, 0.29) is 29.1 Å². The van der Waals surface area contributed by atoms with Crippen molar-refractivity contribution in [3.8, 4) is 11.4 Å². The molecule has 0 aliphatic carbocycles. The molecule has 2 aliphatic rings. The summed E-state index contributed by atoms with van der Waals surface area (Å²) < 4.78 is 7.14. The predicted octanol–water partition coefficient (Wildman–Crippen LogP) is 16.9. The van der Waals surface area contributed by atoms with Gasteiger partial charge in [-0.25, -0.2) is 0 Å². The van der Waals surface area contributed by atoms with E-state index in [1.807, 2.05) is 0 Å². The summed E-state index contributed by atoms with van der Waals surface area (Å²) in [5.74, 6) is 1.71. The molecule has 15 rings (SSSR count). The van der Waals surface area contributed by atoms with Gasteiger partial charge in [0.05, 0.1) is 22.4 Å². The van der Waals surface area contributed by atoms with Crippen molar-refractivity contribution >= 4 is 106 Å². The van der Waals surface area contributed by atoms with E-state index < -0.39 is 0 Å². The predicted molar refractivity (Wildman–Crippen MR) is 334 cm³/mol. The molecular formula is C73H63AuBN5-. The first kappa shape index (κ1) is 51.3. The number of imidazole rings is 1. The van der Waals surface area contributed by atoms with Crippen LogP contribution in [0.5, 0.6) is 0 Å². The number of nitrogens with zero attached hydrogens (tertiary/aromatic N) is 5. The summed E-state index contributed by atoms with van der Waals surface area (Å²) >= 11 is 0. The van der Waals surface area contributed by atoms with Crippen LogP contribution < -0.4 is 30.8 Å². The Morgan fingerprint density at radius 1 is 0.425 bits per heavy atom. The largest absolute Gasteiger partial charge is 0.333 e. The number of fused-ring (bicyclic) bond motifs is 12. The molecule has 13 aromatic rings. The Hall–Kier alpha value is -8.12. The average Bonchev–Trinajstić information content (AvgIpc) is 4.25. The van der Waals surface area contributed by atoms with Crippen molar-refractivity contribution in [3.05, 3.63) is 247 Å². The molecule has 0 bridgehead atoms. The summed E-state index contributed by atoms with van der Waals surface area (Å²) in [5.41, 5.74) is 25.4. The Morgan fingerprint density at radius 2 is 0.925 bits per heavy atom. The Bertz CT molecular complexity index is 4310.